The fraction of sp³-hybridized carbons (Fsp3) is 0.0455. The van der Waals surface area contributed by atoms with E-state index in [0.29, 0.717) is 17.8 Å². The van der Waals surface area contributed by atoms with E-state index >= 15 is 0 Å². The number of hydrogen-bond donors (Lipinski definition) is 2. The molecule has 0 saturated carbocycles. The third-order valence-corrected chi connectivity index (χ3v) is 4.40. The van der Waals surface area contributed by atoms with Crippen LogP contribution in [0.25, 0.3) is 11.3 Å². The van der Waals surface area contributed by atoms with Gasteiger partial charge < -0.3 is 0 Å². The number of aromatic nitrogens is 4. The van der Waals surface area contributed by atoms with Crippen LogP contribution in [0.5, 0.6) is 0 Å². The van der Waals surface area contributed by atoms with Gasteiger partial charge in [-0.2, -0.15) is 15.5 Å². The molecule has 0 aliphatic rings. The first-order valence-electron chi connectivity index (χ1n) is 9.19. The minimum absolute atomic E-state index is 0.0414. The summed E-state index contributed by atoms with van der Waals surface area (Å²) in [4.78, 5) is 19.2. The molecule has 2 N–H and O–H groups in total. The lowest BCUT2D eigenvalue weighted by atomic mass is 10.1. The maximum Gasteiger partial charge on any atom is 0.270 e. The topological polar surface area (TPSA) is 112 Å². The van der Waals surface area contributed by atoms with Gasteiger partial charge in [0.15, 0.2) is 0 Å². The second-order valence-corrected chi connectivity index (χ2v) is 6.39. The molecule has 0 saturated heterocycles. The lowest BCUT2D eigenvalue weighted by molar-refractivity contribution is 0.686. The molecule has 0 fully saturated rings. The Hall–Kier alpha value is -4.51. The Bertz CT molecular complexity index is 1270. The first kappa shape index (κ1) is 18.8. The first-order valence-corrected chi connectivity index (χ1v) is 9.19. The lowest BCUT2D eigenvalue weighted by Crippen LogP contribution is -2.16. The van der Waals surface area contributed by atoms with Crippen LogP contribution in [0.4, 0.5) is 5.95 Å². The monoisotopic (exact) mass is 395 g/mol. The zero-order chi connectivity index (χ0) is 20.8. The van der Waals surface area contributed by atoms with Crippen LogP contribution in [-0.4, -0.2) is 26.0 Å². The number of benzene rings is 2. The number of anilines is 1. The molecule has 2 aromatic heterocycles. The van der Waals surface area contributed by atoms with Gasteiger partial charge in [0.25, 0.3) is 5.56 Å². The van der Waals surface area contributed by atoms with E-state index < -0.39 is 5.56 Å². The molecule has 4 aromatic rings. The highest BCUT2D eigenvalue weighted by Crippen LogP contribution is 2.19. The number of nitrogens with zero attached hydrogens (tertiary/aromatic N) is 5. The minimum atomic E-state index is -0.525. The molecule has 4 rings (SSSR count). The third kappa shape index (κ3) is 4.15. The molecule has 2 heterocycles. The second-order valence-electron chi connectivity index (χ2n) is 6.39. The molecule has 30 heavy (non-hydrogen) atoms. The van der Waals surface area contributed by atoms with Gasteiger partial charge in [-0.25, -0.2) is 10.4 Å². The van der Waals surface area contributed by atoms with E-state index in [1.807, 2.05) is 65.5 Å². The smallest absolute Gasteiger partial charge is 0.270 e. The molecule has 0 spiro atoms. The van der Waals surface area contributed by atoms with Gasteiger partial charge in [0, 0.05) is 18.0 Å². The Labute approximate surface area is 172 Å². The molecular weight excluding hydrogens is 378 g/mol. The second kappa shape index (κ2) is 8.67. The summed E-state index contributed by atoms with van der Waals surface area (Å²) in [5.74, 6) is 0.152. The Morgan fingerprint density at radius 2 is 1.93 bits per heavy atom. The number of aromatic amines is 1. The van der Waals surface area contributed by atoms with Crippen molar-refractivity contribution >= 4 is 12.2 Å². The van der Waals surface area contributed by atoms with Crippen molar-refractivity contribution in [1.29, 1.82) is 5.26 Å². The number of rotatable bonds is 6. The number of nitriles is 1. The lowest BCUT2D eigenvalue weighted by Gasteiger charge is -2.07. The molecule has 146 valence electrons. The molecule has 8 heteroatoms. The molecule has 0 aliphatic carbocycles. The van der Waals surface area contributed by atoms with Crippen molar-refractivity contribution in [3.05, 3.63) is 100 Å². The van der Waals surface area contributed by atoms with Gasteiger partial charge >= 0.3 is 0 Å². The van der Waals surface area contributed by atoms with Crippen LogP contribution in [0.3, 0.4) is 0 Å². The third-order valence-electron chi connectivity index (χ3n) is 4.40. The Morgan fingerprint density at radius 3 is 2.70 bits per heavy atom. The Morgan fingerprint density at radius 1 is 1.13 bits per heavy atom. The number of H-pyrrole nitrogens is 1. The minimum Gasteiger partial charge on any atom is -0.290 e. The average Bonchev–Trinajstić information content (AvgIpc) is 3.28. The molecular formula is C22H17N7O. The SMILES string of the molecule is N#Cc1c(-c2ccccc2)nc(NN=Cc2ccccc2Cn2cccn2)[nH]c1=O. The molecule has 0 unspecified atom stereocenters. The van der Waals surface area contributed by atoms with Crippen molar-refractivity contribution in [2.24, 2.45) is 5.10 Å². The predicted octanol–water partition coefficient (Wildman–Crippen LogP) is 3.00. The molecule has 0 bridgehead atoms. The summed E-state index contributed by atoms with van der Waals surface area (Å²) in [5, 5.41) is 17.8. The van der Waals surface area contributed by atoms with Crippen molar-refractivity contribution in [2.45, 2.75) is 6.54 Å². The molecule has 0 atom stereocenters. The van der Waals surface area contributed by atoms with Gasteiger partial charge in [0.2, 0.25) is 5.95 Å². The fourth-order valence-corrected chi connectivity index (χ4v) is 2.97. The van der Waals surface area contributed by atoms with Crippen LogP contribution in [-0.2, 0) is 6.54 Å². The molecule has 8 nitrogen and oxygen atoms in total. The van der Waals surface area contributed by atoms with E-state index in [9.17, 15) is 10.1 Å². The Kier molecular flexibility index (Phi) is 5.44. The van der Waals surface area contributed by atoms with Gasteiger partial charge in [0.1, 0.15) is 11.6 Å². The van der Waals surface area contributed by atoms with Crippen LogP contribution < -0.4 is 11.0 Å². The van der Waals surface area contributed by atoms with E-state index in [1.165, 1.54) is 0 Å². The summed E-state index contributed by atoms with van der Waals surface area (Å²) in [7, 11) is 0. The summed E-state index contributed by atoms with van der Waals surface area (Å²) in [6.07, 6.45) is 5.28. The van der Waals surface area contributed by atoms with Crippen molar-refractivity contribution in [3.8, 4) is 17.3 Å². The standard InChI is InChI=1S/C22H17N7O/c23-13-19-20(16-7-2-1-3-8-16)26-22(27-21(19)30)28-24-14-17-9-4-5-10-18(17)15-29-12-6-11-25-29/h1-12,14H,15H2,(H2,26,27,28,30). The van der Waals surface area contributed by atoms with Crippen molar-refractivity contribution in [1.82, 2.24) is 19.7 Å². The van der Waals surface area contributed by atoms with Crippen LogP contribution >= 0.6 is 0 Å². The van der Waals surface area contributed by atoms with E-state index in [2.05, 4.69) is 25.6 Å². The van der Waals surface area contributed by atoms with Crippen molar-refractivity contribution in [3.63, 3.8) is 0 Å². The summed E-state index contributed by atoms with van der Waals surface area (Å²) in [6, 6.07) is 20.7. The van der Waals surface area contributed by atoms with Crippen molar-refractivity contribution < 1.29 is 0 Å². The van der Waals surface area contributed by atoms with Crippen molar-refractivity contribution in [2.75, 3.05) is 5.43 Å². The summed E-state index contributed by atoms with van der Waals surface area (Å²) in [6.45, 7) is 0.610. The average molecular weight is 395 g/mol. The van der Waals surface area contributed by atoms with Crippen LogP contribution in [0.1, 0.15) is 16.7 Å². The van der Waals surface area contributed by atoms with Crippen LogP contribution in [0.15, 0.2) is 83.0 Å². The first-order chi connectivity index (χ1) is 14.7. The quantitative estimate of drug-likeness (QED) is 0.385. The maximum absolute atomic E-state index is 12.3. The molecule has 0 amide bonds. The Balaban J connectivity index is 1.59. The highest BCUT2D eigenvalue weighted by atomic mass is 16.1. The van der Waals surface area contributed by atoms with E-state index in [4.69, 9.17) is 0 Å². The molecule has 2 aromatic carbocycles. The summed E-state index contributed by atoms with van der Waals surface area (Å²) < 4.78 is 1.83. The summed E-state index contributed by atoms with van der Waals surface area (Å²) >= 11 is 0. The normalized spacial score (nSPS) is 10.8. The van der Waals surface area contributed by atoms with Crippen LogP contribution in [0, 0.1) is 11.3 Å². The zero-order valence-electron chi connectivity index (χ0n) is 15.9. The highest BCUT2D eigenvalue weighted by molar-refractivity contribution is 5.82. The van der Waals surface area contributed by atoms with Gasteiger partial charge in [-0.15, -0.1) is 0 Å². The molecule has 0 aliphatic heterocycles. The largest absolute Gasteiger partial charge is 0.290 e. The van der Waals surface area contributed by atoms with E-state index in [0.717, 1.165) is 11.1 Å². The van der Waals surface area contributed by atoms with Gasteiger partial charge in [0.05, 0.1) is 18.5 Å². The van der Waals surface area contributed by atoms with Gasteiger partial charge in [-0.05, 0) is 17.2 Å². The number of hydrazone groups is 1. The van der Waals surface area contributed by atoms with E-state index in [-0.39, 0.29) is 11.5 Å². The van der Waals surface area contributed by atoms with E-state index in [1.54, 1.807) is 24.5 Å². The number of hydrogen-bond acceptors (Lipinski definition) is 6. The molecule has 0 radical (unpaired) electrons. The fourth-order valence-electron chi connectivity index (χ4n) is 2.97. The van der Waals surface area contributed by atoms with Crippen LogP contribution in [0.2, 0.25) is 0 Å². The zero-order valence-corrected chi connectivity index (χ0v) is 15.9. The summed E-state index contributed by atoms with van der Waals surface area (Å²) in [5.41, 5.74) is 5.11. The maximum atomic E-state index is 12.3. The number of nitrogens with one attached hydrogen (secondary N) is 2. The predicted molar refractivity (Wildman–Crippen MR) is 114 cm³/mol. The van der Waals surface area contributed by atoms with Gasteiger partial charge in [-0.3, -0.25) is 14.5 Å². The van der Waals surface area contributed by atoms with Gasteiger partial charge in [-0.1, -0.05) is 54.6 Å². The highest BCUT2D eigenvalue weighted by Gasteiger charge is 2.12.